The summed E-state index contributed by atoms with van der Waals surface area (Å²) in [4.78, 5) is 23.3. The molecule has 0 rings (SSSR count). The fourth-order valence-corrected chi connectivity index (χ4v) is 1.47. The highest BCUT2D eigenvalue weighted by molar-refractivity contribution is 7.99. The number of carboxylic acids is 1. The molecule has 0 fully saturated rings. The lowest BCUT2D eigenvalue weighted by Gasteiger charge is -2.21. The Kier molecular flexibility index (Phi) is 6.36. The number of hydrogen-bond acceptors (Lipinski definition) is 3. The number of thioether (sulfide) groups is 1. The van der Waals surface area contributed by atoms with Gasteiger partial charge in [0.25, 0.3) is 0 Å². The van der Waals surface area contributed by atoms with Crippen LogP contribution in [0.25, 0.3) is 0 Å². The highest BCUT2D eigenvalue weighted by Crippen LogP contribution is 2.05. The summed E-state index contributed by atoms with van der Waals surface area (Å²) in [6, 6.07) is -0.742. The second-order valence-electron chi connectivity index (χ2n) is 2.97. The minimum absolute atomic E-state index is 0.110. The average molecular weight is 219 g/mol. The molecule has 0 spiro atoms. The molecule has 1 N–H and O–H groups in total. The van der Waals surface area contributed by atoms with E-state index in [9.17, 15) is 9.59 Å². The monoisotopic (exact) mass is 219 g/mol. The maximum Gasteiger partial charge on any atom is 0.326 e. The quantitative estimate of drug-likeness (QED) is 0.679. The number of carbonyl (C=O) groups is 2. The molecule has 0 aromatic carbocycles. The van der Waals surface area contributed by atoms with Crippen LogP contribution < -0.4 is 0 Å². The molecule has 1 amide bonds. The molecular weight excluding hydrogens is 202 g/mol. The van der Waals surface area contributed by atoms with Crippen molar-refractivity contribution in [3.63, 3.8) is 0 Å². The van der Waals surface area contributed by atoms with Crippen molar-refractivity contribution in [3.05, 3.63) is 0 Å². The summed E-state index contributed by atoms with van der Waals surface area (Å²) in [7, 11) is 1.53. The van der Waals surface area contributed by atoms with Gasteiger partial charge < -0.3 is 10.0 Å². The number of hydrogen-bond donors (Lipinski definition) is 1. The molecule has 0 aromatic rings. The summed E-state index contributed by atoms with van der Waals surface area (Å²) in [5, 5.41) is 8.67. The first kappa shape index (κ1) is 13.3. The summed E-state index contributed by atoms with van der Waals surface area (Å²) in [6.45, 7) is 3.53. The van der Waals surface area contributed by atoms with Gasteiger partial charge in [0, 0.05) is 19.2 Å². The van der Waals surface area contributed by atoms with E-state index in [4.69, 9.17) is 5.11 Å². The van der Waals surface area contributed by atoms with Crippen LogP contribution in [-0.4, -0.2) is 46.5 Å². The zero-order valence-electron chi connectivity index (χ0n) is 8.82. The third kappa shape index (κ3) is 4.50. The zero-order chi connectivity index (χ0) is 11.1. The van der Waals surface area contributed by atoms with Gasteiger partial charge in [0.15, 0.2) is 0 Å². The third-order valence-electron chi connectivity index (χ3n) is 2.00. The van der Waals surface area contributed by atoms with E-state index in [0.717, 1.165) is 11.5 Å². The van der Waals surface area contributed by atoms with Crippen LogP contribution in [0.3, 0.4) is 0 Å². The number of amides is 1. The number of carbonyl (C=O) groups excluding carboxylic acids is 1. The van der Waals surface area contributed by atoms with Gasteiger partial charge in [-0.05, 0) is 12.7 Å². The van der Waals surface area contributed by atoms with E-state index in [1.54, 1.807) is 11.8 Å². The van der Waals surface area contributed by atoms with Crippen LogP contribution in [0.2, 0.25) is 0 Å². The molecule has 0 radical (unpaired) electrons. The van der Waals surface area contributed by atoms with Gasteiger partial charge >= 0.3 is 5.97 Å². The number of carboxylic acid groups (broad SMARTS) is 1. The minimum atomic E-state index is -0.969. The van der Waals surface area contributed by atoms with Crippen LogP contribution in [0.5, 0.6) is 0 Å². The van der Waals surface area contributed by atoms with Gasteiger partial charge in [-0.15, -0.1) is 0 Å². The van der Waals surface area contributed by atoms with Gasteiger partial charge in [-0.25, -0.2) is 4.79 Å². The predicted molar refractivity (Wildman–Crippen MR) is 57.5 cm³/mol. The lowest BCUT2D eigenvalue weighted by Crippen LogP contribution is -2.40. The molecule has 0 heterocycles. The fourth-order valence-electron chi connectivity index (χ4n) is 0.862. The van der Waals surface area contributed by atoms with E-state index in [1.165, 1.54) is 18.9 Å². The van der Waals surface area contributed by atoms with Gasteiger partial charge in [0.1, 0.15) is 6.04 Å². The molecule has 0 unspecified atom stereocenters. The molecule has 0 aliphatic heterocycles. The molecule has 0 aliphatic carbocycles. The zero-order valence-corrected chi connectivity index (χ0v) is 9.63. The summed E-state index contributed by atoms with van der Waals surface area (Å²) < 4.78 is 0. The summed E-state index contributed by atoms with van der Waals surface area (Å²) >= 11 is 1.68. The van der Waals surface area contributed by atoms with E-state index in [2.05, 4.69) is 0 Å². The smallest absolute Gasteiger partial charge is 0.326 e. The summed E-state index contributed by atoms with van der Waals surface area (Å²) in [5.74, 6) is 0.655. The van der Waals surface area contributed by atoms with Crippen LogP contribution in [-0.2, 0) is 9.59 Å². The van der Waals surface area contributed by atoms with Crippen molar-refractivity contribution in [2.45, 2.75) is 26.3 Å². The molecule has 14 heavy (non-hydrogen) atoms. The van der Waals surface area contributed by atoms with Crippen molar-refractivity contribution in [2.75, 3.05) is 18.6 Å². The van der Waals surface area contributed by atoms with Crippen molar-refractivity contribution in [2.24, 2.45) is 0 Å². The molecule has 82 valence electrons. The number of aliphatic carboxylic acids is 1. The van der Waals surface area contributed by atoms with Gasteiger partial charge in [-0.2, -0.15) is 11.8 Å². The number of rotatable bonds is 6. The van der Waals surface area contributed by atoms with Gasteiger partial charge in [0.2, 0.25) is 5.91 Å². The van der Waals surface area contributed by atoms with E-state index in [-0.39, 0.29) is 5.91 Å². The molecule has 0 saturated heterocycles. The van der Waals surface area contributed by atoms with Gasteiger partial charge in [-0.1, -0.05) is 6.92 Å². The first-order chi connectivity index (χ1) is 6.50. The third-order valence-corrected chi connectivity index (χ3v) is 2.90. The maximum atomic E-state index is 11.4. The van der Waals surface area contributed by atoms with Crippen molar-refractivity contribution in [1.82, 2.24) is 4.90 Å². The second kappa shape index (κ2) is 6.70. The Morgan fingerprint density at radius 1 is 1.50 bits per heavy atom. The Hall–Kier alpha value is -0.710. The Bertz CT molecular complexity index is 208. The lowest BCUT2D eigenvalue weighted by molar-refractivity contribution is -0.148. The average Bonchev–Trinajstić information content (AvgIpc) is 2.15. The van der Waals surface area contributed by atoms with E-state index in [1.807, 2.05) is 6.92 Å². The largest absolute Gasteiger partial charge is 0.480 e. The first-order valence-corrected chi connectivity index (χ1v) is 5.72. The Labute approximate surface area is 88.7 Å². The van der Waals surface area contributed by atoms with Crippen LogP contribution in [0, 0.1) is 0 Å². The molecular formula is C9H17NO3S. The van der Waals surface area contributed by atoms with Crippen LogP contribution in [0.15, 0.2) is 0 Å². The molecule has 0 saturated carbocycles. The second-order valence-corrected chi connectivity index (χ2v) is 4.36. The van der Waals surface area contributed by atoms with Crippen molar-refractivity contribution in [3.8, 4) is 0 Å². The SMILES string of the molecule is CCSCCC(=O)N(C)[C@@H](C)C(=O)O. The van der Waals surface area contributed by atoms with Crippen LogP contribution in [0.4, 0.5) is 0 Å². The molecule has 1 atom stereocenters. The normalized spacial score (nSPS) is 12.2. The predicted octanol–water partition coefficient (Wildman–Crippen LogP) is 1.06. The Balaban J connectivity index is 3.92. The van der Waals surface area contributed by atoms with Crippen LogP contribution >= 0.6 is 11.8 Å². The molecule has 0 aromatic heterocycles. The van der Waals surface area contributed by atoms with E-state index < -0.39 is 12.0 Å². The highest BCUT2D eigenvalue weighted by Gasteiger charge is 2.20. The lowest BCUT2D eigenvalue weighted by atomic mass is 10.3. The van der Waals surface area contributed by atoms with Gasteiger partial charge in [-0.3, -0.25) is 4.79 Å². The summed E-state index contributed by atoms with van der Waals surface area (Å²) in [6.07, 6.45) is 0.409. The van der Waals surface area contributed by atoms with Crippen LogP contribution in [0.1, 0.15) is 20.3 Å². The van der Waals surface area contributed by atoms with Gasteiger partial charge in [0.05, 0.1) is 0 Å². The molecule has 4 nitrogen and oxygen atoms in total. The Morgan fingerprint density at radius 2 is 2.07 bits per heavy atom. The summed E-state index contributed by atoms with van der Waals surface area (Å²) in [5.41, 5.74) is 0. The van der Waals surface area contributed by atoms with Crippen molar-refractivity contribution >= 4 is 23.6 Å². The Morgan fingerprint density at radius 3 is 2.50 bits per heavy atom. The maximum absolute atomic E-state index is 11.4. The molecule has 0 aliphatic rings. The minimum Gasteiger partial charge on any atom is -0.480 e. The number of nitrogens with zero attached hydrogens (tertiary/aromatic N) is 1. The number of likely N-dealkylation sites (N-methyl/N-ethyl adjacent to an activating group) is 1. The van der Waals surface area contributed by atoms with Crippen molar-refractivity contribution in [1.29, 1.82) is 0 Å². The highest BCUT2D eigenvalue weighted by atomic mass is 32.2. The molecule has 0 bridgehead atoms. The molecule has 5 heteroatoms. The fraction of sp³-hybridized carbons (Fsp3) is 0.778. The first-order valence-electron chi connectivity index (χ1n) is 4.56. The van der Waals surface area contributed by atoms with E-state index in [0.29, 0.717) is 6.42 Å². The topological polar surface area (TPSA) is 57.6 Å². The standard InChI is InChI=1S/C9H17NO3S/c1-4-14-6-5-8(11)10(3)7(2)9(12)13/h7H,4-6H2,1-3H3,(H,12,13)/t7-/m0/s1. The van der Waals surface area contributed by atoms with E-state index >= 15 is 0 Å². The van der Waals surface area contributed by atoms with Crippen molar-refractivity contribution < 1.29 is 14.7 Å².